The largest absolute Gasteiger partial charge is 0.383 e. The molecule has 0 fully saturated rings. The molecule has 0 radical (unpaired) electrons. The summed E-state index contributed by atoms with van der Waals surface area (Å²) in [5.41, 5.74) is 1.09. The molecule has 0 saturated heterocycles. The van der Waals surface area contributed by atoms with Gasteiger partial charge in [0.25, 0.3) is 15.2 Å². The van der Waals surface area contributed by atoms with Crippen molar-refractivity contribution in [1.29, 1.82) is 0 Å². The highest BCUT2D eigenvalue weighted by molar-refractivity contribution is 7.89. The fourth-order valence-electron chi connectivity index (χ4n) is 1.93. The van der Waals surface area contributed by atoms with Gasteiger partial charge < -0.3 is 4.74 Å². The number of pyridine rings is 1. The van der Waals surface area contributed by atoms with Crippen LogP contribution >= 0.6 is 0 Å². The highest BCUT2D eigenvalue weighted by Gasteiger charge is 2.20. The van der Waals surface area contributed by atoms with Gasteiger partial charge in [-0.3, -0.25) is 9.55 Å². The highest BCUT2D eigenvalue weighted by atomic mass is 32.2. The molecule has 2 aromatic heterocycles. The molecule has 2 rings (SSSR count). The molecule has 0 unspecified atom stereocenters. The first kappa shape index (κ1) is 15.5. The van der Waals surface area contributed by atoms with Gasteiger partial charge in [0.15, 0.2) is 0 Å². The molecule has 9 heteroatoms. The van der Waals surface area contributed by atoms with E-state index in [-0.39, 0.29) is 5.16 Å². The summed E-state index contributed by atoms with van der Waals surface area (Å²) >= 11 is 0. The Kier molecular flexibility index (Phi) is 4.99. The van der Waals surface area contributed by atoms with Gasteiger partial charge in [-0.15, -0.1) is 10.2 Å². The number of methoxy groups -OCH3 is 1. The van der Waals surface area contributed by atoms with Gasteiger partial charge in [0.2, 0.25) is 0 Å². The lowest BCUT2D eigenvalue weighted by atomic mass is 10.1. The number of nitrogens with zero attached hydrogens (tertiary/aromatic N) is 4. The number of primary sulfonamides is 1. The molecule has 2 N–H and O–H groups in total. The minimum atomic E-state index is -3.90. The summed E-state index contributed by atoms with van der Waals surface area (Å²) in [6.45, 7) is 0.684. The lowest BCUT2D eigenvalue weighted by Crippen LogP contribution is -2.21. The summed E-state index contributed by atoms with van der Waals surface area (Å²) in [7, 11) is -2.36. The van der Waals surface area contributed by atoms with Gasteiger partial charge in [0.05, 0.1) is 6.61 Å². The number of rotatable bonds is 7. The molecule has 8 nitrogen and oxygen atoms in total. The molecule has 0 aliphatic heterocycles. The molecular formula is C12H17N5O3S. The Morgan fingerprint density at radius 2 is 1.95 bits per heavy atom. The number of hydrogen-bond acceptors (Lipinski definition) is 6. The van der Waals surface area contributed by atoms with Crippen LogP contribution in [0.4, 0.5) is 0 Å². The minimum Gasteiger partial charge on any atom is -0.383 e. The standard InChI is InChI=1S/C12H17N5O3S/c1-20-9-8-17-11(15-16-12(17)21(13,18)19)3-2-10-4-6-14-7-5-10/h4-7H,2-3,8-9H2,1H3,(H2,13,18,19). The first-order valence-corrected chi connectivity index (χ1v) is 7.89. The molecule has 114 valence electrons. The van der Waals surface area contributed by atoms with E-state index in [0.29, 0.717) is 31.8 Å². The Morgan fingerprint density at radius 3 is 2.57 bits per heavy atom. The van der Waals surface area contributed by atoms with Crippen LogP contribution in [0.1, 0.15) is 11.4 Å². The van der Waals surface area contributed by atoms with Gasteiger partial charge >= 0.3 is 0 Å². The van der Waals surface area contributed by atoms with E-state index in [4.69, 9.17) is 9.88 Å². The summed E-state index contributed by atoms with van der Waals surface area (Å²) in [4.78, 5) is 3.95. The maximum atomic E-state index is 11.5. The zero-order chi connectivity index (χ0) is 15.3. The molecule has 21 heavy (non-hydrogen) atoms. The van der Waals surface area contributed by atoms with Crippen molar-refractivity contribution in [2.75, 3.05) is 13.7 Å². The maximum Gasteiger partial charge on any atom is 0.273 e. The van der Waals surface area contributed by atoms with Crippen LogP contribution in [0.15, 0.2) is 29.7 Å². The van der Waals surface area contributed by atoms with Crippen molar-refractivity contribution in [2.45, 2.75) is 24.5 Å². The summed E-state index contributed by atoms with van der Waals surface area (Å²) in [5.74, 6) is 0.563. The van der Waals surface area contributed by atoms with Crippen molar-refractivity contribution in [1.82, 2.24) is 19.7 Å². The fraction of sp³-hybridized carbons (Fsp3) is 0.417. The van der Waals surface area contributed by atoms with Gasteiger partial charge in [-0.1, -0.05) is 0 Å². The third-order valence-corrected chi connectivity index (χ3v) is 3.76. The smallest absolute Gasteiger partial charge is 0.273 e. The van der Waals surface area contributed by atoms with Crippen LogP contribution in [0, 0.1) is 0 Å². The number of nitrogens with two attached hydrogens (primary N) is 1. The highest BCUT2D eigenvalue weighted by Crippen LogP contribution is 2.10. The van der Waals surface area contributed by atoms with Crippen LogP contribution in [-0.4, -0.2) is 41.9 Å². The van der Waals surface area contributed by atoms with Gasteiger partial charge in [0, 0.05) is 32.5 Å². The number of aromatic nitrogens is 4. The average molecular weight is 311 g/mol. The Bertz CT molecular complexity index is 684. The number of sulfonamides is 1. The summed E-state index contributed by atoms with van der Waals surface area (Å²) < 4.78 is 29.5. The van der Waals surface area contributed by atoms with E-state index in [1.807, 2.05) is 12.1 Å². The van der Waals surface area contributed by atoms with Crippen molar-refractivity contribution < 1.29 is 13.2 Å². The van der Waals surface area contributed by atoms with Gasteiger partial charge in [0.1, 0.15) is 5.82 Å². The lowest BCUT2D eigenvalue weighted by molar-refractivity contribution is 0.183. The van der Waals surface area contributed by atoms with E-state index in [1.165, 1.54) is 11.7 Å². The van der Waals surface area contributed by atoms with Crippen molar-refractivity contribution >= 4 is 10.0 Å². The van der Waals surface area contributed by atoms with Gasteiger partial charge in [-0.05, 0) is 24.1 Å². The monoisotopic (exact) mass is 311 g/mol. The molecule has 0 saturated carbocycles. The van der Waals surface area contributed by atoms with E-state index < -0.39 is 10.0 Å². The Balaban J connectivity index is 2.20. The summed E-state index contributed by atoms with van der Waals surface area (Å²) in [5, 5.41) is 12.5. The Morgan fingerprint density at radius 1 is 1.24 bits per heavy atom. The average Bonchev–Trinajstić information content (AvgIpc) is 2.87. The summed E-state index contributed by atoms with van der Waals surface area (Å²) in [6, 6.07) is 3.80. The van der Waals surface area contributed by atoms with E-state index >= 15 is 0 Å². The number of aryl methyl sites for hydroxylation is 2. The normalized spacial score (nSPS) is 11.7. The first-order valence-electron chi connectivity index (χ1n) is 6.35. The second-order valence-corrected chi connectivity index (χ2v) is 5.90. The molecule has 0 aliphatic rings. The fourth-order valence-corrected chi connectivity index (χ4v) is 2.59. The predicted molar refractivity (Wildman–Crippen MR) is 74.9 cm³/mol. The van der Waals surface area contributed by atoms with Crippen LogP contribution in [0.5, 0.6) is 0 Å². The summed E-state index contributed by atoms with van der Waals surface area (Å²) in [6.07, 6.45) is 4.68. The SMILES string of the molecule is COCCn1c(CCc2ccncc2)nnc1S(N)(=O)=O. The Labute approximate surface area is 123 Å². The van der Waals surface area contributed by atoms with E-state index in [2.05, 4.69) is 15.2 Å². The quantitative estimate of drug-likeness (QED) is 0.754. The van der Waals surface area contributed by atoms with E-state index in [9.17, 15) is 8.42 Å². The topological polar surface area (TPSA) is 113 Å². The van der Waals surface area contributed by atoms with Crippen LogP contribution in [0.2, 0.25) is 0 Å². The Hall–Kier alpha value is -1.84. The predicted octanol–water partition coefficient (Wildman–Crippen LogP) is -0.248. The molecule has 0 amide bonds. The molecule has 0 aliphatic carbocycles. The lowest BCUT2D eigenvalue weighted by Gasteiger charge is -2.08. The van der Waals surface area contributed by atoms with E-state index in [1.54, 1.807) is 12.4 Å². The molecule has 2 heterocycles. The molecule has 0 spiro atoms. The minimum absolute atomic E-state index is 0.232. The third kappa shape index (κ3) is 4.06. The molecule has 0 bridgehead atoms. The molecular weight excluding hydrogens is 294 g/mol. The maximum absolute atomic E-state index is 11.5. The number of hydrogen-bond donors (Lipinski definition) is 1. The van der Waals surface area contributed by atoms with E-state index in [0.717, 1.165) is 5.56 Å². The zero-order valence-electron chi connectivity index (χ0n) is 11.6. The van der Waals surface area contributed by atoms with Crippen LogP contribution in [0.3, 0.4) is 0 Å². The molecule has 0 aromatic carbocycles. The zero-order valence-corrected chi connectivity index (χ0v) is 12.5. The van der Waals surface area contributed by atoms with Crippen LogP contribution in [0.25, 0.3) is 0 Å². The van der Waals surface area contributed by atoms with Crippen molar-refractivity contribution in [2.24, 2.45) is 5.14 Å². The second kappa shape index (κ2) is 6.74. The van der Waals surface area contributed by atoms with Crippen molar-refractivity contribution in [3.63, 3.8) is 0 Å². The van der Waals surface area contributed by atoms with Gasteiger partial charge in [-0.25, -0.2) is 13.6 Å². The molecule has 2 aromatic rings. The van der Waals surface area contributed by atoms with Crippen molar-refractivity contribution in [3.05, 3.63) is 35.9 Å². The second-order valence-electron chi connectivity index (χ2n) is 4.44. The first-order chi connectivity index (χ1) is 10.0. The van der Waals surface area contributed by atoms with Crippen LogP contribution in [-0.2, 0) is 34.1 Å². The van der Waals surface area contributed by atoms with Crippen molar-refractivity contribution in [3.8, 4) is 0 Å². The number of ether oxygens (including phenoxy) is 1. The van der Waals surface area contributed by atoms with Crippen LogP contribution < -0.4 is 5.14 Å². The molecule has 0 atom stereocenters. The van der Waals surface area contributed by atoms with Gasteiger partial charge in [-0.2, -0.15) is 0 Å². The third-order valence-electron chi connectivity index (χ3n) is 2.95.